The average molecular weight is 479 g/mol. The molecule has 4 aliphatic rings. The summed E-state index contributed by atoms with van der Waals surface area (Å²) in [7, 11) is 0. The van der Waals surface area contributed by atoms with E-state index in [9.17, 15) is 9.90 Å². The zero-order chi connectivity index (χ0) is 19.7. The van der Waals surface area contributed by atoms with Crippen molar-refractivity contribution in [2.75, 3.05) is 39.3 Å². The molecule has 0 aromatic heterocycles. The molecule has 0 amide bonds. The summed E-state index contributed by atoms with van der Waals surface area (Å²) in [5, 5.41) is 11.6. The van der Waals surface area contributed by atoms with Crippen LogP contribution in [0.3, 0.4) is 0 Å². The lowest BCUT2D eigenvalue weighted by molar-refractivity contribution is -0.186. The Kier molecular flexibility index (Phi) is 10.7. The molecule has 31 heavy (non-hydrogen) atoms. The van der Waals surface area contributed by atoms with Gasteiger partial charge in [0.25, 0.3) is 0 Å². The van der Waals surface area contributed by atoms with Crippen LogP contribution >= 0.6 is 24.8 Å². The molecule has 1 aromatic rings. The first kappa shape index (κ1) is 28.1. The van der Waals surface area contributed by atoms with Crippen molar-refractivity contribution in [2.24, 2.45) is 5.92 Å². The molecule has 1 aromatic carbocycles. The Labute approximate surface area is 197 Å². The smallest absolute Gasteiger partial charge is 0.344 e. The Hall–Kier alpha value is -0.930. The first-order chi connectivity index (χ1) is 13.4. The number of esters is 1. The van der Waals surface area contributed by atoms with Gasteiger partial charge in [-0.3, -0.25) is 9.80 Å². The number of halogens is 2. The molecule has 7 nitrogen and oxygen atoms in total. The van der Waals surface area contributed by atoms with Crippen LogP contribution in [-0.2, 0) is 19.9 Å². The van der Waals surface area contributed by atoms with Gasteiger partial charge in [0, 0.05) is 26.2 Å². The topological polar surface area (TPSA) is 93.7 Å². The summed E-state index contributed by atoms with van der Waals surface area (Å²) in [5.74, 6) is -0.110. The second kappa shape index (κ2) is 11.8. The van der Waals surface area contributed by atoms with Gasteiger partial charge in [-0.25, -0.2) is 4.79 Å². The van der Waals surface area contributed by atoms with Crippen molar-refractivity contribution in [1.82, 2.24) is 9.80 Å². The molecule has 0 radical (unpaired) electrons. The lowest BCUT2D eigenvalue weighted by Crippen LogP contribution is -2.56. The second-order valence-corrected chi connectivity index (χ2v) is 8.76. The number of hydrogen-bond acceptors (Lipinski definition) is 6. The normalized spacial score (nSPS) is 31.9. The van der Waals surface area contributed by atoms with Gasteiger partial charge in [-0.2, -0.15) is 0 Å². The number of carbonyl (C=O) groups is 1. The molecule has 4 fully saturated rings. The van der Waals surface area contributed by atoms with E-state index in [1.165, 1.54) is 0 Å². The third-order valence-electron chi connectivity index (χ3n) is 6.39. The molecule has 4 saturated heterocycles. The number of ether oxygens (including phenoxy) is 2. The minimum Gasteiger partial charge on any atom is -0.458 e. The number of fused-ring (bicyclic) bond motifs is 3. The molecule has 4 unspecified atom stereocenters. The Bertz CT molecular complexity index is 680. The molecule has 0 spiro atoms. The van der Waals surface area contributed by atoms with Crippen LogP contribution in [0.2, 0.25) is 0 Å². The number of rotatable bonds is 5. The number of aliphatic hydroxyl groups is 1. The highest BCUT2D eigenvalue weighted by Crippen LogP contribution is 2.32. The van der Waals surface area contributed by atoms with Crippen LogP contribution in [-0.4, -0.2) is 83.9 Å². The number of piperidine rings is 3. The van der Waals surface area contributed by atoms with Gasteiger partial charge < -0.3 is 20.1 Å². The van der Waals surface area contributed by atoms with E-state index in [0.29, 0.717) is 24.6 Å². The molecule has 0 aliphatic carbocycles. The molecule has 178 valence electrons. The highest BCUT2D eigenvalue weighted by Gasteiger charge is 2.45. The van der Waals surface area contributed by atoms with Gasteiger partial charge in [-0.05, 0) is 51.3 Å². The molecular formula is C22H36Cl2N2O5. The Morgan fingerprint density at radius 2 is 1.68 bits per heavy atom. The predicted molar refractivity (Wildman–Crippen MR) is 124 cm³/mol. The lowest BCUT2D eigenvalue weighted by Gasteiger charge is -2.45. The maximum absolute atomic E-state index is 13.3. The monoisotopic (exact) mass is 478 g/mol. The van der Waals surface area contributed by atoms with Gasteiger partial charge in [0.15, 0.2) is 5.60 Å². The summed E-state index contributed by atoms with van der Waals surface area (Å²) in [6.07, 6.45) is 2.16. The first-order valence-electron chi connectivity index (χ1n) is 10.5. The standard InChI is InChI=1S/C22H32N2O4.2ClH.H2O/c1-16-12-24(13-17(2)27-16)15-22(26,19-6-4-3-5-7-19)21(25)28-20-14-23-10-8-18(20)9-11-23;;;/h3-7,16-18,20,26H,8-15H2,1-2H3;2*1H;1H2. The summed E-state index contributed by atoms with van der Waals surface area (Å²) in [4.78, 5) is 17.8. The van der Waals surface area contributed by atoms with Crippen LogP contribution in [0.4, 0.5) is 0 Å². The fourth-order valence-corrected chi connectivity index (χ4v) is 5.00. The first-order valence-corrected chi connectivity index (χ1v) is 10.5. The van der Waals surface area contributed by atoms with E-state index in [2.05, 4.69) is 9.80 Å². The SMILES string of the molecule is CC1CN(CC(O)(C(=O)OC2CN3CCC2CC3)c2ccccc2)CC(C)O1.Cl.Cl.O. The van der Waals surface area contributed by atoms with Gasteiger partial charge in [-0.15, -0.1) is 24.8 Å². The van der Waals surface area contributed by atoms with E-state index in [1.54, 1.807) is 0 Å². The van der Waals surface area contributed by atoms with E-state index < -0.39 is 11.6 Å². The molecule has 9 heteroatoms. The number of morpholine rings is 1. The van der Waals surface area contributed by atoms with E-state index in [-0.39, 0.29) is 55.1 Å². The maximum atomic E-state index is 13.3. The molecule has 4 atom stereocenters. The van der Waals surface area contributed by atoms with Crippen LogP contribution < -0.4 is 0 Å². The van der Waals surface area contributed by atoms with Crippen molar-refractivity contribution >= 4 is 30.8 Å². The predicted octanol–water partition coefficient (Wildman–Crippen LogP) is 1.64. The molecule has 3 N–H and O–H groups in total. The Balaban J connectivity index is 0.00000160. The van der Waals surface area contributed by atoms with E-state index in [0.717, 1.165) is 32.5 Å². The van der Waals surface area contributed by atoms with Crippen molar-refractivity contribution in [3.8, 4) is 0 Å². The minimum atomic E-state index is -1.68. The fourth-order valence-electron chi connectivity index (χ4n) is 5.00. The number of benzene rings is 1. The van der Waals surface area contributed by atoms with Gasteiger partial charge in [-0.1, -0.05) is 30.3 Å². The number of carbonyl (C=O) groups excluding carboxylic acids is 1. The summed E-state index contributed by atoms with van der Waals surface area (Å²) >= 11 is 0. The van der Waals surface area contributed by atoms with Gasteiger partial charge >= 0.3 is 5.97 Å². The van der Waals surface area contributed by atoms with Crippen molar-refractivity contribution in [3.05, 3.63) is 35.9 Å². The molecule has 2 bridgehead atoms. The van der Waals surface area contributed by atoms with Crippen LogP contribution in [0.25, 0.3) is 0 Å². The zero-order valence-corrected chi connectivity index (χ0v) is 19.9. The van der Waals surface area contributed by atoms with Crippen LogP contribution in [0.5, 0.6) is 0 Å². The summed E-state index contributed by atoms with van der Waals surface area (Å²) in [6.45, 7) is 8.60. The number of β-amino-alcohol motifs (C(OH)–C–C–N with tert-alkyl or cyclic N) is 1. The van der Waals surface area contributed by atoms with Gasteiger partial charge in [0.1, 0.15) is 6.10 Å². The lowest BCUT2D eigenvalue weighted by atomic mass is 9.85. The fraction of sp³-hybridized carbons (Fsp3) is 0.682. The second-order valence-electron chi connectivity index (χ2n) is 8.76. The van der Waals surface area contributed by atoms with E-state index >= 15 is 0 Å². The third kappa shape index (κ3) is 6.32. The largest absolute Gasteiger partial charge is 0.458 e. The number of hydrogen-bond donors (Lipinski definition) is 1. The highest BCUT2D eigenvalue weighted by molar-refractivity contribution is 5.85. The van der Waals surface area contributed by atoms with Gasteiger partial charge in [0.2, 0.25) is 0 Å². The van der Waals surface area contributed by atoms with E-state index in [1.807, 2.05) is 44.2 Å². The Morgan fingerprint density at radius 1 is 1.10 bits per heavy atom. The zero-order valence-electron chi connectivity index (χ0n) is 18.2. The van der Waals surface area contributed by atoms with Crippen LogP contribution in [0, 0.1) is 5.92 Å². The molecular weight excluding hydrogens is 443 g/mol. The van der Waals surface area contributed by atoms with Crippen molar-refractivity contribution in [1.29, 1.82) is 0 Å². The maximum Gasteiger partial charge on any atom is 0.344 e. The van der Waals surface area contributed by atoms with Crippen LogP contribution in [0.15, 0.2) is 30.3 Å². The molecule has 4 heterocycles. The summed E-state index contributed by atoms with van der Waals surface area (Å²) in [6, 6.07) is 9.22. The summed E-state index contributed by atoms with van der Waals surface area (Å²) < 4.78 is 11.8. The quantitative estimate of drug-likeness (QED) is 0.646. The third-order valence-corrected chi connectivity index (χ3v) is 6.39. The minimum absolute atomic E-state index is 0. The van der Waals surface area contributed by atoms with Crippen molar-refractivity contribution in [3.63, 3.8) is 0 Å². The number of nitrogens with zero attached hydrogens (tertiary/aromatic N) is 2. The molecule has 4 aliphatic heterocycles. The Morgan fingerprint density at radius 3 is 2.19 bits per heavy atom. The molecule has 0 saturated carbocycles. The van der Waals surface area contributed by atoms with Crippen molar-refractivity contribution < 1.29 is 24.9 Å². The van der Waals surface area contributed by atoms with Crippen molar-refractivity contribution in [2.45, 2.75) is 50.6 Å². The summed E-state index contributed by atoms with van der Waals surface area (Å²) in [5.41, 5.74) is -1.09. The molecule has 5 rings (SSSR count). The van der Waals surface area contributed by atoms with E-state index in [4.69, 9.17) is 9.47 Å². The van der Waals surface area contributed by atoms with Gasteiger partial charge in [0.05, 0.1) is 12.2 Å². The van der Waals surface area contributed by atoms with Crippen LogP contribution in [0.1, 0.15) is 32.3 Å². The highest BCUT2D eigenvalue weighted by atomic mass is 35.5. The average Bonchev–Trinajstić information content (AvgIpc) is 2.68.